The van der Waals surface area contributed by atoms with E-state index in [0.29, 0.717) is 0 Å². The van der Waals surface area contributed by atoms with Crippen molar-refractivity contribution in [2.75, 3.05) is 24.8 Å². The monoisotopic (exact) mass is 308 g/mol. The van der Waals surface area contributed by atoms with Crippen molar-refractivity contribution in [3.05, 3.63) is 20.8 Å². The molecule has 0 aromatic carbocycles. The molecule has 0 aliphatic heterocycles. The van der Waals surface area contributed by atoms with Crippen LogP contribution in [-0.4, -0.2) is 35.0 Å². The summed E-state index contributed by atoms with van der Waals surface area (Å²) in [6.45, 7) is 0.144. The summed E-state index contributed by atoms with van der Waals surface area (Å²) >= 11 is 0. The molecule has 118 valence electrons. The van der Waals surface area contributed by atoms with Crippen LogP contribution in [0.5, 0.6) is 0 Å². The highest BCUT2D eigenvalue weighted by Gasteiger charge is 2.64. The van der Waals surface area contributed by atoms with Gasteiger partial charge in [-0.15, -0.1) is 0 Å². The fourth-order valence-electron chi connectivity index (χ4n) is 1.96. The number of H-pyrrole nitrogens is 1. The number of rotatable bonds is 5. The number of aromatic amines is 1. The van der Waals surface area contributed by atoms with Crippen LogP contribution < -0.4 is 22.3 Å². The molecule has 0 radical (unpaired) electrons. The minimum atomic E-state index is -4.50. The van der Waals surface area contributed by atoms with E-state index in [2.05, 4.69) is 5.32 Å². The highest BCUT2D eigenvalue weighted by atomic mass is 19.4. The Kier molecular flexibility index (Phi) is 3.74. The summed E-state index contributed by atoms with van der Waals surface area (Å²) in [6, 6.07) is 0. The Morgan fingerprint density at radius 1 is 1.43 bits per heavy atom. The summed E-state index contributed by atoms with van der Waals surface area (Å²) in [4.78, 5) is 25.3. The van der Waals surface area contributed by atoms with Crippen LogP contribution in [0.2, 0.25) is 0 Å². The minimum Gasteiger partial charge on any atom is -0.383 e. The Morgan fingerprint density at radius 3 is 2.52 bits per heavy atom. The quantitative estimate of drug-likeness (QED) is 0.725. The second-order valence-corrected chi connectivity index (χ2v) is 4.87. The lowest BCUT2D eigenvalue weighted by molar-refractivity contribution is -0.151. The number of alkyl halides is 3. The summed E-state index contributed by atoms with van der Waals surface area (Å²) in [7, 11) is 1.40. The lowest BCUT2D eigenvalue weighted by atomic mass is 10.2. The van der Waals surface area contributed by atoms with Crippen LogP contribution in [0.15, 0.2) is 9.59 Å². The van der Waals surface area contributed by atoms with E-state index < -0.39 is 28.7 Å². The molecule has 1 aromatic rings. The van der Waals surface area contributed by atoms with Crippen molar-refractivity contribution >= 4 is 11.5 Å². The molecule has 1 aliphatic carbocycles. The molecular weight excluding hydrogens is 293 g/mol. The van der Waals surface area contributed by atoms with E-state index >= 15 is 0 Å². The summed E-state index contributed by atoms with van der Waals surface area (Å²) in [6.07, 6.45) is -4.79. The number of hydrogen-bond acceptors (Lipinski definition) is 5. The molecule has 1 aliphatic rings. The molecule has 1 saturated carbocycles. The number of aromatic nitrogens is 2. The molecule has 21 heavy (non-hydrogen) atoms. The number of methoxy groups -OCH3 is 1. The molecule has 1 heterocycles. The van der Waals surface area contributed by atoms with Gasteiger partial charge in [-0.2, -0.15) is 13.2 Å². The fourth-order valence-corrected chi connectivity index (χ4v) is 1.96. The number of nitrogen functional groups attached to an aromatic ring is 1. The Balaban J connectivity index is 2.41. The first-order valence-electron chi connectivity index (χ1n) is 6.18. The molecule has 0 spiro atoms. The van der Waals surface area contributed by atoms with Gasteiger partial charge in [-0.3, -0.25) is 14.3 Å². The number of hydrogen-bond donors (Lipinski definition) is 3. The third-order valence-electron chi connectivity index (χ3n) is 3.42. The van der Waals surface area contributed by atoms with Crippen molar-refractivity contribution in [1.82, 2.24) is 9.55 Å². The van der Waals surface area contributed by atoms with Crippen LogP contribution >= 0.6 is 0 Å². The molecular formula is C11H15F3N4O3. The van der Waals surface area contributed by atoms with E-state index in [-0.39, 0.29) is 31.8 Å². The molecule has 7 nitrogen and oxygen atoms in total. The molecule has 0 atom stereocenters. The highest BCUT2D eigenvalue weighted by molar-refractivity contribution is 5.63. The highest BCUT2D eigenvalue weighted by Crippen LogP contribution is 2.51. The number of halogens is 3. The van der Waals surface area contributed by atoms with Gasteiger partial charge in [0, 0.05) is 7.11 Å². The minimum absolute atomic E-state index is 0.0195. The molecule has 1 aromatic heterocycles. The fraction of sp³-hybridized carbons (Fsp3) is 0.636. The van der Waals surface area contributed by atoms with Gasteiger partial charge in [-0.05, 0) is 12.8 Å². The van der Waals surface area contributed by atoms with Crippen LogP contribution in [0.25, 0.3) is 0 Å². The molecule has 4 N–H and O–H groups in total. The van der Waals surface area contributed by atoms with Gasteiger partial charge in [0.2, 0.25) is 0 Å². The molecule has 0 bridgehead atoms. The maximum Gasteiger partial charge on any atom is 0.411 e. The van der Waals surface area contributed by atoms with Gasteiger partial charge in [0.25, 0.3) is 5.56 Å². The number of anilines is 2. The first kappa shape index (κ1) is 15.4. The standard InChI is InChI=1S/C11H15F3N4O3/c1-21-5-4-18-7(15)6(8(19)16-9(18)20)17-10(2-3-10)11(12,13)14/h17H,2-5,15H2,1H3,(H,16,19,20). The molecule has 0 unspecified atom stereocenters. The van der Waals surface area contributed by atoms with Gasteiger partial charge in [0.1, 0.15) is 17.0 Å². The van der Waals surface area contributed by atoms with E-state index in [0.717, 1.165) is 4.57 Å². The average molecular weight is 308 g/mol. The van der Waals surface area contributed by atoms with Crippen LogP contribution in [0.4, 0.5) is 24.7 Å². The topological polar surface area (TPSA) is 102 Å². The van der Waals surface area contributed by atoms with E-state index in [4.69, 9.17) is 10.5 Å². The van der Waals surface area contributed by atoms with Crippen molar-refractivity contribution in [1.29, 1.82) is 0 Å². The van der Waals surface area contributed by atoms with Crippen LogP contribution in [0, 0.1) is 0 Å². The van der Waals surface area contributed by atoms with Gasteiger partial charge in [0.05, 0.1) is 13.2 Å². The summed E-state index contributed by atoms with van der Waals surface area (Å²) < 4.78 is 44.5. The first-order valence-corrected chi connectivity index (χ1v) is 6.18. The number of nitrogens with one attached hydrogen (secondary N) is 2. The van der Waals surface area contributed by atoms with E-state index in [1.54, 1.807) is 0 Å². The number of nitrogens with two attached hydrogens (primary N) is 1. The van der Waals surface area contributed by atoms with Crippen LogP contribution in [-0.2, 0) is 11.3 Å². The third kappa shape index (κ3) is 2.75. The van der Waals surface area contributed by atoms with Gasteiger partial charge in [-0.1, -0.05) is 0 Å². The van der Waals surface area contributed by atoms with Crippen LogP contribution in [0.3, 0.4) is 0 Å². The van der Waals surface area contributed by atoms with Crippen molar-refractivity contribution < 1.29 is 17.9 Å². The van der Waals surface area contributed by atoms with Gasteiger partial charge >= 0.3 is 11.9 Å². The largest absolute Gasteiger partial charge is 0.411 e. The van der Waals surface area contributed by atoms with Crippen LogP contribution in [0.1, 0.15) is 12.8 Å². The zero-order valence-electron chi connectivity index (χ0n) is 11.2. The SMILES string of the molecule is COCCn1c(N)c(NC2(C(F)(F)F)CC2)c(=O)[nH]c1=O. The maximum atomic E-state index is 12.9. The van der Waals surface area contributed by atoms with Crippen molar-refractivity contribution in [2.45, 2.75) is 31.1 Å². The number of ether oxygens (including phenoxy) is 1. The lowest BCUT2D eigenvalue weighted by Crippen LogP contribution is -2.43. The average Bonchev–Trinajstić information content (AvgIpc) is 3.15. The Hall–Kier alpha value is -1.97. The molecule has 0 saturated heterocycles. The Morgan fingerprint density at radius 2 is 2.05 bits per heavy atom. The van der Waals surface area contributed by atoms with Gasteiger partial charge in [0.15, 0.2) is 0 Å². The summed E-state index contributed by atoms with van der Waals surface area (Å²) in [5, 5.41) is 2.16. The van der Waals surface area contributed by atoms with Gasteiger partial charge in [-0.25, -0.2) is 4.79 Å². The Labute approximate surface area is 116 Å². The second kappa shape index (κ2) is 5.10. The molecule has 10 heteroatoms. The zero-order chi connectivity index (χ0) is 15.8. The zero-order valence-corrected chi connectivity index (χ0v) is 11.2. The smallest absolute Gasteiger partial charge is 0.383 e. The third-order valence-corrected chi connectivity index (χ3v) is 3.42. The Bertz CT molecular complexity index is 646. The normalized spacial score (nSPS) is 16.8. The predicted octanol–water partition coefficient (Wildman–Crippen LogP) is 0.272. The molecule has 2 rings (SSSR count). The van der Waals surface area contributed by atoms with Crippen molar-refractivity contribution in [3.8, 4) is 0 Å². The first-order chi connectivity index (χ1) is 9.72. The lowest BCUT2D eigenvalue weighted by Gasteiger charge is -2.23. The predicted molar refractivity (Wildman–Crippen MR) is 69.3 cm³/mol. The molecule has 0 amide bonds. The maximum absolute atomic E-state index is 12.9. The summed E-state index contributed by atoms with van der Waals surface area (Å²) in [5.74, 6) is -0.337. The van der Waals surface area contributed by atoms with Crippen molar-refractivity contribution in [2.24, 2.45) is 0 Å². The van der Waals surface area contributed by atoms with Crippen molar-refractivity contribution in [3.63, 3.8) is 0 Å². The number of nitrogens with zero attached hydrogens (tertiary/aromatic N) is 1. The van der Waals surface area contributed by atoms with E-state index in [9.17, 15) is 22.8 Å². The van der Waals surface area contributed by atoms with E-state index in [1.165, 1.54) is 7.11 Å². The van der Waals surface area contributed by atoms with Gasteiger partial charge < -0.3 is 15.8 Å². The summed E-state index contributed by atoms with van der Waals surface area (Å²) in [5.41, 5.74) is 1.31. The van der Waals surface area contributed by atoms with E-state index in [1.807, 2.05) is 4.98 Å². The molecule has 1 fully saturated rings. The second-order valence-electron chi connectivity index (χ2n) is 4.87.